The number of hydrogen-bond acceptors (Lipinski definition) is 3. The molecule has 1 aliphatic rings. The van der Waals surface area contributed by atoms with Gasteiger partial charge in [-0.3, -0.25) is 4.79 Å². The van der Waals surface area contributed by atoms with Crippen molar-refractivity contribution in [3.05, 3.63) is 24.3 Å². The lowest BCUT2D eigenvalue weighted by molar-refractivity contribution is -0.138. The molecule has 1 fully saturated rings. The van der Waals surface area contributed by atoms with Crippen LogP contribution in [0.1, 0.15) is 19.3 Å². The molecule has 1 unspecified atom stereocenters. The van der Waals surface area contributed by atoms with Crippen LogP contribution in [-0.2, 0) is 4.79 Å². The molecule has 0 amide bonds. The summed E-state index contributed by atoms with van der Waals surface area (Å²) < 4.78 is 0. The number of nitrogens with two attached hydrogens (primary N) is 1. The van der Waals surface area contributed by atoms with Gasteiger partial charge in [0.05, 0.1) is 0 Å². The summed E-state index contributed by atoms with van der Waals surface area (Å²) in [5.41, 5.74) is 7.54. The fourth-order valence-electron chi connectivity index (χ4n) is 2.40. The first-order valence-corrected chi connectivity index (χ1v) is 5.97. The molecule has 0 aromatic heterocycles. The van der Waals surface area contributed by atoms with Gasteiger partial charge >= 0.3 is 5.97 Å². The minimum atomic E-state index is -0.700. The van der Waals surface area contributed by atoms with Crippen molar-refractivity contribution >= 4 is 17.3 Å². The first kappa shape index (κ1) is 11.8. The van der Waals surface area contributed by atoms with Gasteiger partial charge in [-0.05, 0) is 43.0 Å². The van der Waals surface area contributed by atoms with Crippen molar-refractivity contribution in [2.45, 2.75) is 19.3 Å². The van der Waals surface area contributed by atoms with Crippen molar-refractivity contribution in [2.75, 3.05) is 23.7 Å². The molecule has 1 aromatic rings. The zero-order valence-corrected chi connectivity index (χ0v) is 9.80. The highest BCUT2D eigenvalue weighted by molar-refractivity contribution is 5.67. The molecule has 1 aliphatic heterocycles. The van der Waals surface area contributed by atoms with Gasteiger partial charge in [-0.15, -0.1) is 0 Å². The van der Waals surface area contributed by atoms with E-state index >= 15 is 0 Å². The number of benzene rings is 1. The molecule has 4 nitrogen and oxygen atoms in total. The number of carbonyl (C=O) groups is 1. The van der Waals surface area contributed by atoms with Gasteiger partial charge in [-0.1, -0.05) is 0 Å². The predicted octanol–water partition coefficient (Wildman–Crippen LogP) is 1.96. The van der Waals surface area contributed by atoms with Gasteiger partial charge in [0.1, 0.15) is 0 Å². The quantitative estimate of drug-likeness (QED) is 0.785. The maximum atomic E-state index is 10.7. The van der Waals surface area contributed by atoms with E-state index in [1.165, 1.54) is 0 Å². The summed E-state index contributed by atoms with van der Waals surface area (Å²) >= 11 is 0. The Balaban J connectivity index is 2.01. The van der Waals surface area contributed by atoms with E-state index < -0.39 is 5.97 Å². The number of anilines is 2. The first-order valence-electron chi connectivity index (χ1n) is 5.97. The maximum Gasteiger partial charge on any atom is 0.303 e. The molecule has 0 saturated carbocycles. The van der Waals surface area contributed by atoms with Crippen molar-refractivity contribution in [1.82, 2.24) is 0 Å². The Morgan fingerprint density at radius 3 is 2.76 bits per heavy atom. The summed E-state index contributed by atoms with van der Waals surface area (Å²) in [5.74, 6) is -0.437. The second-order valence-electron chi connectivity index (χ2n) is 4.64. The highest BCUT2D eigenvalue weighted by Crippen LogP contribution is 2.25. The molecule has 1 aromatic carbocycles. The lowest BCUT2D eigenvalue weighted by Crippen LogP contribution is -2.36. The van der Waals surface area contributed by atoms with Crippen LogP contribution in [-0.4, -0.2) is 24.2 Å². The molecule has 92 valence electrons. The van der Waals surface area contributed by atoms with Crippen LogP contribution in [0.25, 0.3) is 0 Å². The van der Waals surface area contributed by atoms with Crippen molar-refractivity contribution in [2.24, 2.45) is 5.92 Å². The monoisotopic (exact) mass is 234 g/mol. The number of carboxylic acid groups (broad SMARTS) is 1. The minimum Gasteiger partial charge on any atom is -0.481 e. The fourth-order valence-corrected chi connectivity index (χ4v) is 2.40. The van der Waals surface area contributed by atoms with Crippen LogP contribution in [0.3, 0.4) is 0 Å². The van der Waals surface area contributed by atoms with Crippen LogP contribution < -0.4 is 10.6 Å². The molecule has 1 heterocycles. The normalized spacial score (nSPS) is 20.2. The van der Waals surface area contributed by atoms with E-state index in [9.17, 15) is 4.79 Å². The van der Waals surface area contributed by atoms with Crippen LogP contribution in [0.15, 0.2) is 24.3 Å². The number of aliphatic carboxylic acids is 1. The van der Waals surface area contributed by atoms with E-state index in [1.807, 2.05) is 24.3 Å². The average molecular weight is 234 g/mol. The number of carboxylic acids is 1. The van der Waals surface area contributed by atoms with Gasteiger partial charge < -0.3 is 15.7 Å². The van der Waals surface area contributed by atoms with Crippen molar-refractivity contribution in [1.29, 1.82) is 0 Å². The third-order valence-corrected chi connectivity index (χ3v) is 3.24. The highest BCUT2D eigenvalue weighted by Gasteiger charge is 2.22. The van der Waals surface area contributed by atoms with E-state index in [-0.39, 0.29) is 12.3 Å². The summed E-state index contributed by atoms with van der Waals surface area (Å²) in [6.45, 7) is 1.83. The molecule has 4 heteroatoms. The lowest BCUT2D eigenvalue weighted by Gasteiger charge is -2.33. The SMILES string of the molecule is Nc1ccc(N2CCCC(CC(=O)O)C2)cc1. The number of rotatable bonds is 3. The minimum absolute atomic E-state index is 0.263. The Kier molecular flexibility index (Phi) is 3.52. The Morgan fingerprint density at radius 1 is 1.41 bits per heavy atom. The summed E-state index contributed by atoms with van der Waals surface area (Å²) in [5, 5.41) is 8.82. The second kappa shape index (κ2) is 5.08. The van der Waals surface area contributed by atoms with Gasteiger partial charge in [-0.2, -0.15) is 0 Å². The molecule has 0 radical (unpaired) electrons. The van der Waals surface area contributed by atoms with Gasteiger partial charge in [-0.25, -0.2) is 0 Å². The zero-order valence-electron chi connectivity index (χ0n) is 9.80. The van der Waals surface area contributed by atoms with Crippen LogP contribution in [0.5, 0.6) is 0 Å². The molecule has 1 saturated heterocycles. The Hall–Kier alpha value is -1.71. The van der Waals surface area contributed by atoms with Gasteiger partial charge in [0.15, 0.2) is 0 Å². The molecular formula is C13H18N2O2. The molecule has 0 spiro atoms. The van der Waals surface area contributed by atoms with Gasteiger partial charge in [0.25, 0.3) is 0 Å². The van der Waals surface area contributed by atoms with Crippen molar-refractivity contribution in [3.63, 3.8) is 0 Å². The summed E-state index contributed by atoms with van der Waals surface area (Å²) in [6.07, 6.45) is 2.34. The summed E-state index contributed by atoms with van der Waals surface area (Å²) in [6, 6.07) is 7.77. The number of nitrogens with zero attached hydrogens (tertiary/aromatic N) is 1. The predicted molar refractivity (Wildman–Crippen MR) is 68.0 cm³/mol. The van der Waals surface area contributed by atoms with Crippen molar-refractivity contribution < 1.29 is 9.90 Å². The van der Waals surface area contributed by atoms with E-state index in [0.29, 0.717) is 0 Å². The summed E-state index contributed by atoms with van der Waals surface area (Å²) in [4.78, 5) is 13.0. The van der Waals surface area contributed by atoms with E-state index in [0.717, 1.165) is 37.3 Å². The number of nitrogen functional groups attached to an aromatic ring is 1. The number of piperidine rings is 1. The maximum absolute atomic E-state index is 10.7. The van der Waals surface area contributed by atoms with Crippen molar-refractivity contribution in [3.8, 4) is 0 Å². The topological polar surface area (TPSA) is 66.6 Å². The van der Waals surface area contributed by atoms with Crippen LogP contribution >= 0.6 is 0 Å². The molecular weight excluding hydrogens is 216 g/mol. The fraction of sp³-hybridized carbons (Fsp3) is 0.462. The zero-order chi connectivity index (χ0) is 12.3. The molecule has 3 N–H and O–H groups in total. The molecule has 0 aliphatic carbocycles. The largest absolute Gasteiger partial charge is 0.481 e. The van der Waals surface area contributed by atoms with E-state index in [4.69, 9.17) is 10.8 Å². The number of hydrogen-bond donors (Lipinski definition) is 2. The molecule has 1 atom stereocenters. The Bertz CT molecular complexity index is 389. The Labute approximate surface area is 101 Å². The molecule has 2 rings (SSSR count). The van der Waals surface area contributed by atoms with E-state index in [2.05, 4.69) is 4.90 Å². The lowest BCUT2D eigenvalue weighted by atomic mass is 9.94. The van der Waals surface area contributed by atoms with Gasteiger partial charge in [0, 0.05) is 30.9 Å². The van der Waals surface area contributed by atoms with Crippen LogP contribution in [0.2, 0.25) is 0 Å². The summed E-state index contributed by atoms with van der Waals surface area (Å²) in [7, 11) is 0. The van der Waals surface area contributed by atoms with Crippen LogP contribution in [0, 0.1) is 5.92 Å². The average Bonchev–Trinajstić information content (AvgIpc) is 2.29. The standard InChI is InChI=1S/C13H18N2O2/c14-11-3-5-12(6-4-11)15-7-1-2-10(9-15)8-13(16)17/h3-6,10H,1-2,7-9,14H2,(H,16,17). The second-order valence-corrected chi connectivity index (χ2v) is 4.64. The third kappa shape index (κ3) is 3.12. The smallest absolute Gasteiger partial charge is 0.303 e. The first-order chi connectivity index (χ1) is 8.15. The molecule has 17 heavy (non-hydrogen) atoms. The molecule has 0 bridgehead atoms. The third-order valence-electron chi connectivity index (χ3n) is 3.24. The van der Waals surface area contributed by atoms with E-state index in [1.54, 1.807) is 0 Å². The van der Waals surface area contributed by atoms with Crippen LogP contribution in [0.4, 0.5) is 11.4 Å². The van der Waals surface area contributed by atoms with Gasteiger partial charge in [0.2, 0.25) is 0 Å². The Morgan fingerprint density at radius 2 is 2.12 bits per heavy atom. The highest BCUT2D eigenvalue weighted by atomic mass is 16.4.